The average molecular weight is 477 g/mol. The quantitative estimate of drug-likeness (QED) is 0.183. The highest BCUT2D eigenvalue weighted by Crippen LogP contribution is 2.18. The van der Waals surface area contributed by atoms with Crippen LogP contribution in [0, 0.1) is 18.8 Å². The molecule has 0 saturated carbocycles. The van der Waals surface area contributed by atoms with Crippen LogP contribution in [0.1, 0.15) is 68.8 Å². The fourth-order valence-corrected chi connectivity index (χ4v) is 3.46. The maximum atomic E-state index is 13.0. The van der Waals surface area contributed by atoms with E-state index < -0.39 is 23.8 Å². The Balaban J connectivity index is 2.78. The largest absolute Gasteiger partial charge is 0.469 e. The third-order valence-electron chi connectivity index (χ3n) is 5.48. The van der Waals surface area contributed by atoms with Crippen LogP contribution < -0.4 is 10.6 Å². The number of hydrogen-bond donors (Lipinski definition) is 2. The fourth-order valence-electron chi connectivity index (χ4n) is 3.36. The molecule has 0 aliphatic rings. The minimum atomic E-state index is -0.763. The topological polar surface area (TPSA) is 102 Å². The Kier molecular flexibility index (Phi) is 12.5. The normalized spacial score (nSPS) is 13.4. The molecule has 0 aliphatic carbocycles. The molecule has 33 heavy (non-hydrogen) atoms. The summed E-state index contributed by atoms with van der Waals surface area (Å²) in [4.78, 5) is 50.5. The summed E-state index contributed by atoms with van der Waals surface area (Å²) in [6, 6.07) is 6.49. The molecule has 2 N–H and O–H groups in total. The number of thiocarbonyl (C=S) groups is 1. The number of hydrogen-bond acceptors (Lipinski definition) is 6. The Bertz CT molecular complexity index is 838. The minimum Gasteiger partial charge on any atom is -0.469 e. The van der Waals surface area contributed by atoms with Gasteiger partial charge in [-0.15, -0.1) is 0 Å². The van der Waals surface area contributed by atoms with Crippen molar-refractivity contribution in [3.63, 3.8) is 0 Å². The van der Waals surface area contributed by atoms with Gasteiger partial charge in [-0.1, -0.05) is 55.4 Å². The maximum Gasteiger partial charge on any atom is 0.308 e. The number of ether oxygens (including phenoxy) is 1. The smallest absolute Gasteiger partial charge is 0.308 e. The molecule has 0 aliphatic heterocycles. The minimum absolute atomic E-state index is 0.0241. The Morgan fingerprint density at radius 3 is 2.24 bits per heavy atom. The molecule has 3 atom stereocenters. The number of unbranched alkanes of at least 4 members (excludes halogenated alkanes) is 1. The molecule has 1 aromatic carbocycles. The lowest BCUT2D eigenvalue weighted by atomic mass is 9.91. The number of aryl methyl sites for hydroxylation is 1. The molecule has 7 nitrogen and oxygen atoms in total. The van der Waals surface area contributed by atoms with Gasteiger partial charge in [0.05, 0.1) is 24.1 Å². The Labute approximate surface area is 202 Å². The SMILES string of the molecule is COC(=O)[C@H](C)CC(=O)[C@H](C)NC(=O)[C@H](CCCCNC(C)=S)CC(=O)c1ccc(C)cc1. The van der Waals surface area contributed by atoms with Crippen molar-refractivity contribution in [2.45, 2.75) is 65.8 Å². The molecule has 0 radical (unpaired) electrons. The van der Waals surface area contributed by atoms with Crippen molar-refractivity contribution in [2.24, 2.45) is 11.8 Å². The van der Waals surface area contributed by atoms with E-state index in [-0.39, 0.29) is 30.3 Å². The number of nitrogens with one attached hydrogen (secondary N) is 2. The molecule has 1 amide bonds. The van der Waals surface area contributed by atoms with Crippen LogP contribution in [0.4, 0.5) is 0 Å². The second-order valence-electron chi connectivity index (χ2n) is 8.49. The van der Waals surface area contributed by atoms with Gasteiger partial charge in [0.1, 0.15) is 0 Å². The number of esters is 1. The second kappa shape index (κ2) is 14.5. The predicted octanol–water partition coefficient (Wildman–Crippen LogP) is 3.56. The first-order valence-electron chi connectivity index (χ1n) is 11.3. The molecule has 1 aromatic rings. The summed E-state index contributed by atoms with van der Waals surface area (Å²) < 4.78 is 4.65. The van der Waals surface area contributed by atoms with Crippen LogP contribution in [0.2, 0.25) is 0 Å². The number of ketones is 2. The van der Waals surface area contributed by atoms with Crippen molar-refractivity contribution >= 4 is 40.6 Å². The van der Waals surface area contributed by atoms with Crippen molar-refractivity contribution in [2.75, 3.05) is 13.7 Å². The number of carbonyl (C=O) groups excluding carboxylic acids is 4. The molecule has 0 spiro atoms. The lowest BCUT2D eigenvalue weighted by Crippen LogP contribution is -2.43. The highest BCUT2D eigenvalue weighted by Gasteiger charge is 2.27. The second-order valence-corrected chi connectivity index (χ2v) is 9.11. The summed E-state index contributed by atoms with van der Waals surface area (Å²) in [5, 5.41) is 5.82. The average Bonchev–Trinajstić information content (AvgIpc) is 2.77. The molecule has 8 heteroatoms. The van der Waals surface area contributed by atoms with E-state index in [4.69, 9.17) is 12.2 Å². The van der Waals surface area contributed by atoms with Crippen LogP contribution in [0.3, 0.4) is 0 Å². The van der Waals surface area contributed by atoms with E-state index in [2.05, 4.69) is 15.4 Å². The molecule has 0 aromatic heterocycles. The van der Waals surface area contributed by atoms with Crippen LogP contribution in [0.25, 0.3) is 0 Å². The first-order chi connectivity index (χ1) is 15.5. The first kappa shape index (κ1) is 28.4. The van der Waals surface area contributed by atoms with Gasteiger partial charge in [0.15, 0.2) is 11.6 Å². The molecule has 0 bridgehead atoms. The van der Waals surface area contributed by atoms with E-state index in [0.29, 0.717) is 23.5 Å². The van der Waals surface area contributed by atoms with Gasteiger partial charge < -0.3 is 15.4 Å². The molecule has 1 rings (SSSR count). The summed E-state index contributed by atoms with van der Waals surface area (Å²) in [5.74, 6) is -2.31. The zero-order valence-electron chi connectivity index (χ0n) is 20.2. The number of amides is 1. The van der Waals surface area contributed by atoms with Crippen LogP contribution in [0.15, 0.2) is 24.3 Å². The van der Waals surface area contributed by atoms with Gasteiger partial charge in [0.25, 0.3) is 0 Å². The number of carbonyl (C=O) groups is 4. The van der Waals surface area contributed by atoms with Crippen molar-refractivity contribution in [3.05, 3.63) is 35.4 Å². The van der Waals surface area contributed by atoms with Crippen molar-refractivity contribution in [1.29, 1.82) is 0 Å². The first-order valence-corrected chi connectivity index (χ1v) is 11.7. The summed E-state index contributed by atoms with van der Waals surface area (Å²) >= 11 is 5.00. The van der Waals surface area contributed by atoms with E-state index >= 15 is 0 Å². The summed E-state index contributed by atoms with van der Waals surface area (Å²) in [6.45, 7) is 7.66. The Morgan fingerprint density at radius 1 is 1.03 bits per heavy atom. The highest BCUT2D eigenvalue weighted by molar-refractivity contribution is 7.80. The standard InChI is InChI=1S/C25H36N2O5S/c1-16-9-11-20(12-10-16)23(29)15-21(8-6-7-13-26-19(4)33)24(30)27-18(3)22(28)14-17(2)25(31)32-5/h9-12,17-18,21H,6-8,13-15H2,1-5H3,(H,26,33)(H,27,30)/t17-,18+,21-/m1/s1. The zero-order valence-corrected chi connectivity index (χ0v) is 21.1. The Hall–Kier alpha value is -2.61. The van der Waals surface area contributed by atoms with E-state index in [1.807, 2.05) is 26.0 Å². The monoisotopic (exact) mass is 476 g/mol. The molecule has 0 fully saturated rings. The molecule has 182 valence electrons. The molecule has 0 unspecified atom stereocenters. The summed E-state index contributed by atoms with van der Waals surface area (Å²) in [6.07, 6.45) is 2.09. The van der Waals surface area contributed by atoms with E-state index in [1.165, 1.54) is 7.11 Å². The molecule has 0 heterocycles. The van der Waals surface area contributed by atoms with E-state index in [0.717, 1.165) is 18.4 Å². The number of Topliss-reactive ketones (excluding diaryl/α,β-unsaturated/α-hetero) is 2. The van der Waals surface area contributed by atoms with Gasteiger partial charge in [0, 0.05) is 30.9 Å². The molecular weight excluding hydrogens is 440 g/mol. The van der Waals surface area contributed by atoms with Crippen LogP contribution >= 0.6 is 12.2 Å². The Morgan fingerprint density at radius 2 is 1.67 bits per heavy atom. The predicted molar refractivity (Wildman–Crippen MR) is 132 cm³/mol. The van der Waals surface area contributed by atoms with Crippen molar-refractivity contribution < 1.29 is 23.9 Å². The zero-order chi connectivity index (χ0) is 25.0. The number of methoxy groups -OCH3 is 1. The summed E-state index contributed by atoms with van der Waals surface area (Å²) in [7, 11) is 1.27. The summed E-state index contributed by atoms with van der Waals surface area (Å²) in [5.41, 5.74) is 1.61. The lowest BCUT2D eigenvalue weighted by molar-refractivity contribution is -0.146. The van der Waals surface area contributed by atoms with Crippen molar-refractivity contribution in [3.8, 4) is 0 Å². The van der Waals surface area contributed by atoms with Gasteiger partial charge in [-0.05, 0) is 33.6 Å². The van der Waals surface area contributed by atoms with Gasteiger partial charge in [-0.25, -0.2) is 0 Å². The number of rotatable bonds is 14. The van der Waals surface area contributed by atoms with Crippen LogP contribution in [-0.4, -0.2) is 48.1 Å². The number of benzene rings is 1. The third-order valence-corrected chi connectivity index (χ3v) is 5.63. The fraction of sp³-hybridized carbons (Fsp3) is 0.560. The van der Waals surface area contributed by atoms with Gasteiger partial charge >= 0.3 is 5.97 Å². The van der Waals surface area contributed by atoms with E-state index in [9.17, 15) is 19.2 Å². The van der Waals surface area contributed by atoms with E-state index in [1.54, 1.807) is 26.0 Å². The molecule has 0 saturated heterocycles. The molecular formula is C25H36N2O5S. The third kappa shape index (κ3) is 10.7. The van der Waals surface area contributed by atoms with Gasteiger partial charge in [0.2, 0.25) is 5.91 Å². The maximum absolute atomic E-state index is 13.0. The highest BCUT2D eigenvalue weighted by atomic mass is 32.1. The van der Waals surface area contributed by atoms with Crippen molar-refractivity contribution in [1.82, 2.24) is 10.6 Å². The van der Waals surface area contributed by atoms with Gasteiger partial charge in [-0.3, -0.25) is 19.2 Å². The van der Waals surface area contributed by atoms with Crippen LogP contribution in [0.5, 0.6) is 0 Å². The van der Waals surface area contributed by atoms with Gasteiger partial charge in [-0.2, -0.15) is 0 Å². The van der Waals surface area contributed by atoms with Crippen LogP contribution in [-0.2, 0) is 19.1 Å². The lowest BCUT2D eigenvalue weighted by Gasteiger charge is -2.20.